The highest BCUT2D eigenvalue weighted by Crippen LogP contribution is 2.19. The number of hydrogen-bond acceptors (Lipinski definition) is 6. The molecule has 8 heteroatoms. The van der Waals surface area contributed by atoms with Gasteiger partial charge in [-0.25, -0.2) is 9.78 Å². The lowest BCUT2D eigenvalue weighted by Gasteiger charge is -2.35. The summed E-state index contributed by atoms with van der Waals surface area (Å²) < 4.78 is 0. The Labute approximate surface area is 176 Å². The molecule has 154 valence electrons. The van der Waals surface area contributed by atoms with Crippen LogP contribution in [0.4, 0.5) is 27.9 Å². The number of anilines is 4. The zero-order chi connectivity index (χ0) is 20.9. The Morgan fingerprint density at radius 1 is 0.933 bits per heavy atom. The lowest BCUT2D eigenvalue weighted by molar-refractivity contribution is 0.208. The van der Waals surface area contributed by atoms with Crippen molar-refractivity contribution in [1.29, 1.82) is 0 Å². The number of nitrogens with zero attached hydrogens (tertiary/aromatic N) is 5. The zero-order valence-electron chi connectivity index (χ0n) is 17.2. The van der Waals surface area contributed by atoms with E-state index in [-0.39, 0.29) is 6.03 Å². The molecule has 2 N–H and O–H groups in total. The first-order chi connectivity index (χ1) is 14.6. The maximum Gasteiger partial charge on any atom is 0.321 e. The van der Waals surface area contributed by atoms with E-state index in [2.05, 4.69) is 36.8 Å². The van der Waals surface area contributed by atoms with E-state index in [0.29, 0.717) is 32.0 Å². The Kier molecular flexibility index (Phi) is 5.74. The Bertz CT molecular complexity index is 1000. The topological polar surface area (TPSA) is 86.3 Å². The van der Waals surface area contributed by atoms with Crippen LogP contribution in [0, 0.1) is 13.8 Å². The number of piperazine rings is 1. The minimum Gasteiger partial charge on any atom is -0.352 e. The molecule has 1 aliphatic heterocycles. The van der Waals surface area contributed by atoms with Crippen molar-refractivity contribution in [1.82, 2.24) is 20.1 Å². The first-order valence-electron chi connectivity index (χ1n) is 9.98. The normalized spacial score (nSPS) is 13.8. The highest BCUT2D eigenvalue weighted by Gasteiger charge is 2.22. The van der Waals surface area contributed by atoms with E-state index in [1.165, 1.54) is 5.56 Å². The monoisotopic (exact) mass is 403 g/mol. The van der Waals surface area contributed by atoms with Gasteiger partial charge in [-0.05, 0) is 49.7 Å². The van der Waals surface area contributed by atoms with Crippen molar-refractivity contribution in [3.05, 3.63) is 65.9 Å². The molecule has 0 radical (unpaired) electrons. The summed E-state index contributed by atoms with van der Waals surface area (Å²) in [4.78, 5) is 20.8. The molecule has 8 nitrogen and oxygen atoms in total. The van der Waals surface area contributed by atoms with Crippen molar-refractivity contribution < 1.29 is 4.79 Å². The predicted molar refractivity (Wildman–Crippen MR) is 118 cm³/mol. The fraction of sp³-hybridized carbons (Fsp3) is 0.273. The van der Waals surface area contributed by atoms with Crippen LogP contribution < -0.4 is 15.5 Å². The summed E-state index contributed by atoms with van der Waals surface area (Å²) in [6.45, 7) is 6.73. The summed E-state index contributed by atoms with van der Waals surface area (Å²) >= 11 is 0. The second-order valence-electron chi connectivity index (χ2n) is 7.34. The van der Waals surface area contributed by atoms with Gasteiger partial charge in [-0.2, -0.15) is 0 Å². The van der Waals surface area contributed by atoms with Crippen molar-refractivity contribution in [3.63, 3.8) is 0 Å². The van der Waals surface area contributed by atoms with Gasteiger partial charge >= 0.3 is 6.03 Å². The summed E-state index contributed by atoms with van der Waals surface area (Å²) in [6, 6.07) is 15.4. The van der Waals surface area contributed by atoms with Gasteiger partial charge in [0.2, 0.25) is 0 Å². The van der Waals surface area contributed by atoms with Crippen molar-refractivity contribution >= 4 is 29.2 Å². The Hall–Kier alpha value is -3.68. The molecule has 0 bridgehead atoms. The van der Waals surface area contributed by atoms with E-state index in [0.717, 1.165) is 22.9 Å². The van der Waals surface area contributed by atoms with Crippen LogP contribution in [0.5, 0.6) is 0 Å². The third-order valence-electron chi connectivity index (χ3n) is 5.09. The number of hydrogen-bond donors (Lipinski definition) is 2. The van der Waals surface area contributed by atoms with Gasteiger partial charge in [-0.1, -0.05) is 23.8 Å². The zero-order valence-corrected chi connectivity index (χ0v) is 17.2. The number of carbonyl (C=O) groups excluding carboxylic acids is 1. The summed E-state index contributed by atoms with van der Waals surface area (Å²) in [5, 5.41) is 14.7. The average molecular weight is 403 g/mol. The highest BCUT2D eigenvalue weighted by atomic mass is 16.2. The molecular formula is C22H25N7O. The number of urea groups is 1. The quantitative estimate of drug-likeness (QED) is 0.692. The van der Waals surface area contributed by atoms with Gasteiger partial charge in [0, 0.05) is 38.1 Å². The maximum absolute atomic E-state index is 12.6. The van der Waals surface area contributed by atoms with Crippen LogP contribution in [0.25, 0.3) is 0 Å². The third-order valence-corrected chi connectivity index (χ3v) is 5.09. The molecule has 3 heterocycles. The number of rotatable bonds is 4. The van der Waals surface area contributed by atoms with Crippen LogP contribution in [0.2, 0.25) is 0 Å². The largest absolute Gasteiger partial charge is 0.352 e. The molecule has 1 saturated heterocycles. The summed E-state index contributed by atoms with van der Waals surface area (Å²) in [5.74, 6) is 2.17. The molecule has 30 heavy (non-hydrogen) atoms. The number of pyridine rings is 1. The number of aryl methyl sites for hydroxylation is 2. The molecule has 1 fully saturated rings. The van der Waals surface area contributed by atoms with E-state index in [1.54, 1.807) is 6.20 Å². The molecule has 4 rings (SSSR count). The van der Waals surface area contributed by atoms with E-state index in [4.69, 9.17) is 0 Å². The SMILES string of the molecule is Cc1ccc(NC(=O)N2CCN(c3ccc(Nc4ccccn4)nn3)CC2)c(C)c1. The second-order valence-corrected chi connectivity index (χ2v) is 7.34. The average Bonchev–Trinajstić information content (AvgIpc) is 2.77. The van der Waals surface area contributed by atoms with Crippen LogP contribution >= 0.6 is 0 Å². The molecule has 1 aromatic carbocycles. The first kappa shape index (κ1) is 19.6. The van der Waals surface area contributed by atoms with Crippen LogP contribution in [-0.4, -0.2) is 52.3 Å². The smallest absolute Gasteiger partial charge is 0.321 e. The lowest BCUT2D eigenvalue weighted by Crippen LogP contribution is -2.50. The number of carbonyl (C=O) groups is 1. The fourth-order valence-electron chi connectivity index (χ4n) is 3.42. The van der Waals surface area contributed by atoms with E-state index >= 15 is 0 Å². The van der Waals surface area contributed by atoms with E-state index in [9.17, 15) is 4.79 Å². The van der Waals surface area contributed by atoms with E-state index in [1.807, 2.05) is 61.2 Å². The van der Waals surface area contributed by atoms with Crippen molar-refractivity contribution in [2.75, 3.05) is 41.7 Å². The van der Waals surface area contributed by atoms with Crippen LogP contribution in [0.1, 0.15) is 11.1 Å². The second kappa shape index (κ2) is 8.77. The van der Waals surface area contributed by atoms with Crippen LogP contribution in [0.3, 0.4) is 0 Å². The molecule has 0 spiro atoms. The minimum absolute atomic E-state index is 0.0670. The lowest BCUT2D eigenvalue weighted by atomic mass is 10.1. The van der Waals surface area contributed by atoms with Crippen molar-refractivity contribution in [2.45, 2.75) is 13.8 Å². The number of amides is 2. The van der Waals surface area contributed by atoms with Gasteiger partial charge in [0.15, 0.2) is 11.6 Å². The number of benzene rings is 1. The molecule has 3 aromatic rings. The molecule has 1 aliphatic rings. The summed E-state index contributed by atoms with van der Waals surface area (Å²) in [7, 11) is 0. The molecule has 0 unspecified atom stereocenters. The van der Waals surface area contributed by atoms with Crippen molar-refractivity contribution in [3.8, 4) is 0 Å². The van der Waals surface area contributed by atoms with Crippen LogP contribution in [-0.2, 0) is 0 Å². The minimum atomic E-state index is -0.0670. The highest BCUT2D eigenvalue weighted by molar-refractivity contribution is 5.90. The van der Waals surface area contributed by atoms with E-state index < -0.39 is 0 Å². The van der Waals surface area contributed by atoms with Gasteiger partial charge in [0.05, 0.1) is 0 Å². The summed E-state index contributed by atoms with van der Waals surface area (Å²) in [5.41, 5.74) is 3.10. The number of nitrogens with one attached hydrogen (secondary N) is 2. The molecule has 2 amide bonds. The van der Waals surface area contributed by atoms with Gasteiger partial charge < -0.3 is 20.4 Å². The van der Waals surface area contributed by atoms with Gasteiger partial charge in [-0.15, -0.1) is 10.2 Å². The molecule has 0 saturated carbocycles. The van der Waals surface area contributed by atoms with Gasteiger partial charge in [0.25, 0.3) is 0 Å². The van der Waals surface area contributed by atoms with Gasteiger partial charge in [0.1, 0.15) is 5.82 Å². The standard InChI is InChI=1S/C22H25N7O/c1-16-6-7-18(17(2)15-16)24-22(30)29-13-11-28(12-14-29)21-9-8-20(26-27-21)25-19-5-3-4-10-23-19/h3-10,15H,11-14H2,1-2H3,(H,24,30)(H,23,25,26). The van der Waals surface area contributed by atoms with Gasteiger partial charge in [-0.3, -0.25) is 0 Å². The predicted octanol–water partition coefficient (Wildman–Crippen LogP) is 3.59. The Balaban J connectivity index is 1.31. The van der Waals surface area contributed by atoms with Crippen molar-refractivity contribution in [2.24, 2.45) is 0 Å². The Morgan fingerprint density at radius 2 is 1.77 bits per heavy atom. The molecule has 2 aromatic heterocycles. The molecule has 0 aliphatic carbocycles. The summed E-state index contributed by atoms with van der Waals surface area (Å²) in [6.07, 6.45) is 1.72. The first-order valence-corrected chi connectivity index (χ1v) is 9.98. The molecular weight excluding hydrogens is 378 g/mol. The fourth-order valence-corrected chi connectivity index (χ4v) is 3.42. The van der Waals surface area contributed by atoms with Crippen LogP contribution in [0.15, 0.2) is 54.7 Å². The molecule has 0 atom stereocenters. The third kappa shape index (κ3) is 4.65. The maximum atomic E-state index is 12.6. The number of aromatic nitrogens is 3. The Morgan fingerprint density at radius 3 is 2.43 bits per heavy atom.